The average molecular weight is 354 g/mol. The summed E-state index contributed by atoms with van der Waals surface area (Å²) in [5, 5.41) is 3.08. The number of amides is 1. The largest absolute Gasteiger partial charge is 0.379 e. The molecule has 0 bridgehead atoms. The summed E-state index contributed by atoms with van der Waals surface area (Å²) in [7, 11) is 0. The van der Waals surface area contributed by atoms with Crippen LogP contribution in [0.15, 0.2) is 22.9 Å². The number of aromatic nitrogens is 1. The number of carbonyl (C=O) groups is 1. The number of nitrogens with zero attached hydrogens (tertiary/aromatic N) is 2. The quantitative estimate of drug-likeness (QED) is 0.897. The number of ether oxygens (including phenoxy) is 1. The van der Waals surface area contributed by atoms with Crippen LogP contribution < -0.4 is 5.32 Å². The van der Waals surface area contributed by atoms with Crippen molar-refractivity contribution < 1.29 is 9.53 Å². The van der Waals surface area contributed by atoms with Crippen LogP contribution >= 0.6 is 15.9 Å². The van der Waals surface area contributed by atoms with Gasteiger partial charge in [0.15, 0.2) is 0 Å². The summed E-state index contributed by atoms with van der Waals surface area (Å²) in [6, 6.07) is 1.80. The lowest BCUT2D eigenvalue weighted by molar-refractivity contribution is -0.0540. The first-order valence-corrected chi connectivity index (χ1v) is 8.20. The number of morpholine rings is 1. The Bertz CT molecular complexity index is 513. The Morgan fingerprint density at radius 3 is 2.76 bits per heavy atom. The summed E-state index contributed by atoms with van der Waals surface area (Å²) < 4.78 is 6.25. The molecule has 0 atom stereocenters. The second-order valence-corrected chi connectivity index (χ2v) is 6.67. The summed E-state index contributed by atoms with van der Waals surface area (Å²) >= 11 is 3.34. The first-order chi connectivity index (χ1) is 10.2. The average Bonchev–Trinajstić information content (AvgIpc) is 2.47. The van der Waals surface area contributed by atoms with E-state index < -0.39 is 0 Å². The summed E-state index contributed by atoms with van der Waals surface area (Å²) in [6.07, 6.45) is 6.83. The molecule has 0 spiro atoms. The molecule has 2 aliphatic rings. The SMILES string of the molecule is O=C(NCC1(N2CCOCC2)CCC1)c1cncc(Br)c1. The molecule has 1 saturated carbocycles. The zero-order chi connectivity index (χ0) is 14.7. The fourth-order valence-corrected chi connectivity index (χ4v) is 3.48. The van der Waals surface area contributed by atoms with Gasteiger partial charge in [-0.25, -0.2) is 0 Å². The molecule has 1 aliphatic carbocycles. The number of nitrogens with one attached hydrogen (secondary N) is 1. The Balaban J connectivity index is 1.61. The Kier molecular flexibility index (Phi) is 4.57. The van der Waals surface area contributed by atoms with E-state index in [2.05, 4.69) is 31.1 Å². The van der Waals surface area contributed by atoms with Crippen molar-refractivity contribution in [2.45, 2.75) is 24.8 Å². The predicted octanol–water partition coefficient (Wildman–Crippen LogP) is 1.83. The third-order valence-electron chi connectivity index (χ3n) is 4.51. The molecule has 1 aromatic rings. The molecule has 0 aromatic carbocycles. The van der Waals surface area contributed by atoms with E-state index in [1.165, 1.54) is 6.42 Å². The second-order valence-electron chi connectivity index (χ2n) is 5.75. The maximum atomic E-state index is 12.3. The van der Waals surface area contributed by atoms with Crippen molar-refractivity contribution in [3.05, 3.63) is 28.5 Å². The van der Waals surface area contributed by atoms with Crippen molar-refractivity contribution in [2.24, 2.45) is 0 Å². The predicted molar refractivity (Wildman–Crippen MR) is 83.2 cm³/mol. The van der Waals surface area contributed by atoms with Gasteiger partial charge in [-0.1, -0.05) is 0 Å². The van der Waals surface area contributed by atoms with Crippen molar-refractivity contribution in [1.29, 1.82) is 0 Å². The highest BCUT2D eigenvalue weighted by Gasteiger charge is 2.42. The van der Waals surface area contributed by atoms with Gasteiger partial charge in [-0.2, -0.15) is 0 Å². The molecular weight excluding hydrogens is 334 g/mol. The van der Waals surface area contributed by atoms with Crippen molar-refractivity contribution in [2.75, 3.05) is 32.8 Å². The van der Waals surface area contributed by atoms with Gasteiger partial charge in [0.1, 0.15) is 0 Å². The monoisotopic (exact) mass is 353 g/mol. The zero-order valence-corrected chi connectivity index (χ0v) is 13.6. The maximum absolute atomic E-state index is 12.3. The topological polar surface area (TPSA) is 54.5 Å². The fraction of sp³-hybridized carbons (Fsp3) is 0.600. The molecule has 1 aliphatic heterocycles. The minimum absolute atomic E-state index is 0.0525. The van der Waals surface area contributed by atoms with E-state index in [1.54, 1.807) is 18.5 Å². The van der Waals surface area contributed by atoms with Gasteiger partial charge < -0.3 is 10.1 Å². The molecule has 1 N–H and O–H groups in total. The first-order valence-electron chi connectivity index (χ1n) is 7.41. The van der Waals surface area contributed by atoms with Crippen LogP contribution in [0.1, 0.15) is 29.6 Å². The minimum atomic E-state index is -0.0525. The number of rotatable bonds is 4. The molecule has 114 valence electrons. The number of halogens is 1. The molecule has 1 aromatic heterocycles. The van der Waals surface area contributed by atoms with Gasteiger partial charge in [0.05, 0.1) is 18.8 Å². The van der Waals surface area contributed by atoms with Gasteiger partial charge in [-0.3, -0.25) is 14.7 Å². The summed E-state index contributed by atoms with van der Waals surface area (Å²) in [4.78, 5) is 18.8. The lowest BCUT2D eigenvalue weighted by Crippen LogP contribution is -2.62. The van der Waals surface area contributed by atoms with Gasteiger partial charge in [-0.15, -0.1) is 0 Å². The van der Waals surface area contributed by atoms with Crippen LogP contribution in [0.2, 0.25) is 0 Å². The van der Waals surface area contributed by atoms with E-state index >= 15 is 0 Å². The molecule has 0 unspecified atom stereocenters. The number of hydrogen-bond acceptors (Lipinski definition) is 4. The Morgan fingerprint density at radius 1 is 1.38 bits per heavy atom. The number of carbonyl (C=O) groups excluding carboxylic acids is 1. The van der Waals surface area contributed by atoms with Gasteiger partial charge in [0.2, 0.25) is 0 Å². The molecule has 1 saturated heterocycles. The van der Waals surface area contributed by atoms with Gasteiger partial charge in [0, 0.05) is 42.0 Å². The standard InChI is InChI=1S/C15H20BrN3O2/c16-13-8-12(9-17-10-13)14(20)18-11-15(2-1-3-15)19-4-6-21-7-5-19/h8-10H,1-7,11H2,(H,18,20). The Morgan fingerprint density at radius 2 is 2.14 bits per heavy atom. The molecule has 6 heteroatoms. The van der Waals surface area contributed by atoms with E-state index in [9.17, 15) is 4.79 Å². The second kappa shape index (κ2) is 6.42. The maximum Gasteiger partial charge on any atom is 0.252 e. The van der Waals surface area contributed by atoms with Gasteiger partial charge in [0.25, 0.3) is 5.91 Å². The minimum Gasteiger partial charge on any atom is -0.379 e. The van der Waals surface area contributed by atoms with Crippen molar-refractivity contribution in [3.8, 4) is 0 Å². The highest BCUT2D eigenvalue weighted by Crippen LogP contribution is 2.37. The Labute approximate surface area is 133 Å². The van der Waals surface area contributed by atoms with E-state index in [0.717, 1.165) is 43.6 Å². The van der Waals surface area contributed by atoms with Crippen LogP contribution in [-0.4, -0.2) is 54.2 Å². The molecule has 2 heterocycles. The lowest BCUT2D eigenvalue weighted by Gasteiger charge is -2.51. The van der Waals surface area contributed by atoms with Crippen molar-refractivity contribution in [1.82, 2.24) is 15.2 Å². The third-order valence-corrected chi connectivity index (χ3v) is 4.94. The summed E-state index contributed by atoms with van der Waals surface area (Å²) in [5.41, 5.74) is 0.736. The lowest BCUT2D eigenvalue weighted by atomic mass is 9.75. The van der Waals surface area contributed by atoms with Gasteiger partial charge in [-0.05, 0) is 41.3 Å². The third kappa shape index (κ3) is 3.27. The van der Waals surface area contributed by atoms with E-state index in [4.69, 9.17) is 4.74 Å². The van der Waals surface area contributed by atoms with Crippen LogP contribution in [-0.2, 0) is 4.74 Å². The van der Waals surface area contributed by atoms with E-state index in [1.807, 2.05) is 0 Å². The van der Waals surface area contributed by atoms with Crippen LogP contribution in [0, 0.1) is 0 Å². The number of hydrogen-bond donors (Lipinski definition) is 1. The van der Waals surface area contributed by atoms with Gasteiger partial charge >= 0.3 is 0 Å². The fourth-order valence-electron chi connectivity index (χ4n) is 3.11. The van der Waals surface area contributed by atoms with Crippen LogP contribution in [0.4, 0.5) is 0 Å². The molecule has 2 fully saturated rings. The molecule has 21 heavy (non-hydrogen) atoms. The highest BCUT2D eigenvalue weighted by molar-refractivity contribution is 9.10. The normalized spacial score (nSPS) is 21.6. The molecule has 1 amide bonds. The highest BCUT2D eigenvalue weighted by atomic mass is 79.9. The van der Waals surface area contributed by atoms with E-state index in [0.29, 0.717) is 12.1 Å². The van der Waals surface area contributed by atoms with Crippen LogP contribution in [0.3, 0.4) is 0 Å². The molecular formula is C15H20BrN3O2. The van der Waals surface area contributed by atoms with E-state index in [-0.39, 0.29) is 11.4 Å². The molecule has 5 nitrogen and oxygen atoms in total. The van der Waals surface area contributed by atoms with Crippen LogP contribution in [0.25, 0.3) is 0 Å². The van der Waals surface area contributed by atoms with Crippen molar-refractivity contribution in [3.63, 3.8) is 0 Å². The first kappa shape index (κ1) is 14.9. The molecule has 0 radical (unpaired) electrons. The van der Waals surface area contributed by atoms with Crippen LogP contribution in [0.5, 0.6) is 0 Å². The summed E-state index contributed by atoms with van der Waals surface area (Å²) in [6.45, 7) is 4.23. The van der Waals surface area contributed by atoms with Crippen molar-refractivity contribution >= 4 is 21.8 Å². The smallest absolute Gasteiger partial charge is 0.252 e. The zero-order valence-electron chi connectivity index (χ0n) is 12.0. The molecule has 3 rings (SSSR count). The Hall–Kier alpha value is -0.980. The summed E-state index contributed by atoms with van der Waals surface area (Å²) in [5.74, 6) is -0.0525. The number of pyridine rings is 1.